The SMILES string of the molecule is CC(C)C(N)CC(=O)N1CCNC(=O)C1(C)C. The summed E-state index contributed by atoms with van der Waals surface area (Å²) in [5, 5.41) is 2.77. The molecule has 0 aliphatic carbocycles. The molecule has 17 heavy (non-hydrogen) atoms. The lowest BCUT2D eigenvalue weighted by Crippen LogP contribution is -2.63. The molecule has 0 aromatic carbocycles. The smallest absolute Gasteiger partial charge is 0.245 e. The van der Waals surface area contributed by atoms with Gasteiger partial charge in [0.05, 0.1) is 0 Å². The Hall–Kier alpha value is -1.10. The fourth-order valence-electron chi connectivity index (χ4n) is 1.88. The highest BCUT2D eigenvalue weighted by Crippen LogP contribution is 2.19. The first-order valence-corrected chi connectivity index (χ1v) is 6.11. The molecule has 1 aliphatic rings. The van der Waals surface area contributed by atoms with Crippen molar-refractivity contribution in [2.24, 2.45) is 11.7 Å². The molecule has 0 aromatic rings. The number of hydrogen-bond acceptors (Lipinski definition) is 3. The molecule has 0 saturated carbocycles. The second kappa shape index (κ2) is 5.04. The Kier molecular flexibility index (Phi) is 4.14. The molecule has 98 valence electrons. The number of amides is 2. The average molecular weight is 241 g/mol. The van der Waals surface area contributed by atoms with Gasteiger partial charge in [-0.2, -0.15) is 0 Å². The van der Waals surface area contributed by atoms with Crippen LogP contribution >= 0.6 is 0 Å². The Morgan fingerprint density at radius 1 is 1.53 bits per heavy atom. The summed E-state index contributed by atoms with van der Waals surface area (Å²) >= 11 is 0. The monoisotopic (exact) mass is 241 g/mol. The van der Waals surface area contributed by atoms with E-state index in [1.54, 1.807) is 18.7 Å². The van der Waals surface area contributed by atoms with Crippen LogP contribution in [0, 0.1) is 5.92 Å². The first-order chi connectivity index (χ1) is 7.76. The standard InChI is InChI=1S/C12H23N3O2/c1-8(2)9(13)7-10(16)15-6-5-14-11(17)12(15,3)4/h8-9H,5-7,13H2,1-4H3,(H,14,17). The minimum atomic E-state index is -0.772. The summed E-state index contributed by atoms with van der Waals surface area (Å²) in [6.07, 6.45) is 0.300. The molecule has 3 N–H and O–H groups in total. The maximum Gasteiger partial charge on any atom is 0.245 e. The number of hydrogen-bond donors (Lipinski definition) is 2. The zero-order valence-electron chi connectivity index (χ0n) is 11.1. The van der Waals surface area contributed by atoms with Crippen molar-refractivity contribution in [2.45, 2.75) is 45.7 Å². The largest absolute Gasteiger partial charge is 0.352 e. The zero-order valence-corrected chi connectivity index (χ0v) is 11.1. The van der Waals surface area contributed by atoms with Gasteiger partial charge in [-0.05, 0) is 19.8 Å². The van der Waals surface area contributed by atoms with Crippen molar-refractivity contribution in [3.05, 3.63) is 0 Å². The molecule has 0 radical (unpaired) electrons. The van der Waals surface area contributed by atoms with Crippen LogP contribution in [0.25, 0.3) is 0 Å². The number of nitrogens with zero attached hydrogens (tertiary/aromatic N) is 1. The van der Waals surface area contributed by atoms with Crippen molar-refractivity contribution < 1.29 is 9.59 Å². The summed E-state index contributed by atoms with van der Waals surface area (Å²) < 4.78 is 0. The van der Waals surface area contributed by atoms with Crippen molar-refractivity contribution in [2.75, 3.05) is 13.1 Å². The molecule has 0 bridgehead atoms. The van der Waals surface area contributed by atoms with Gasteiger partial charge in [0.25, 0.3) is 0 Å². The molecular formula is C12H23N3O2. The summed E-state index contributed by atoms with van der Waals surface area (Å²) in [5.41, 5.74) is 5.13. The number of carbonyl (C=O) groups is 2. The van der Waals surface area contributed by atoms with Crippen LogP contribution < -0.4 is 11.1 Å². The molecule has 1 rings (SSSR count). The fourth-order valence-corrected chi connectivity index (χ4v) is 1.88. The molecule has 1 atom stereocenters. The number of piperazine rings is 1. The van der Waals surface area contributed by atoms with Crippen LogP contribution in [0.15, 0.2) is 0 Å². The number of rotatable bonds is 3. The third-order valence-corrected chi connectivity index (χ3v) is 3.42. The number of nitrogens with two attached hydrogens (primary N) is 1. The molecule has 0 aromatic heterocycles. The normalized spacial score (nSPS) is 21.3. The van der Waals surface area contributed by atoms with Gasteiger partial charge in [0.15, 0.2) is 0 Å². The molecule has 5 heteroatoms. The van der Waals surface area contributed by atoms with Gasteiger partial charge in [-0.25, -0.2) is 0 Å². The lowest BCUT2D eigenvalue weighted by molar-refractivity contribution is -0.149. The topological polar surface area (TPSA) is 75.4 Å². The predicted molar refractivity (Wildman–Crippen MR) is 66.2 cm³/mol. The highest BCUT2D eigenvalue weighted by molar-refractivity contribution is 5.92. The van der Waals surface area contributed by atoms with Gasteiger partial charge >= 0.3 is 0 Å². The van der Waals surface area contributed by atoms with Crippen LogP contribution in [0.4, 0.5) is 0 Å². The summed E-state index contributed by atoms with van der Waals surface area (Å²) in [6.45, 7) is 8.59. The van der Waals surface area contributed by atoms with E-state index in [4.69, 9.17) is 5.73 Å². The maximum absolute atomic E-state index is 12.1. The first-order valence-electron chi connectivity index (χ1n) is 6.11. The van der Waals surface area contributed by atoms with Gasteiger partial charge in [-0.15, -0.1) is 0 Å². The quantitative estimate of drug-likeness (QED) is 0.735. The van der Waals surface area contributed by atoms with E-state index in [1.807, 2.05) is 13.8 Å². The van der Waals surface area contributed by atoms with Gasteiger partial charge in [0, 0.05) is 25.6 Å². The van der Waals surface area contributed by atoms with Crippen LogP contribution in [0.1, 0.15) is 34.1 Å². The maximum atomic E-state index is 12.1. The molecular weight excluding hydrogens is 218 g/mol. The van der Waals surface area contributed by atoms with Crippen molar-refractivity contribution in [1.29, 1.82) is 0 Å². The second-order valence-electron chi connectivity index (χ2n) is 5.47. The van der Waals surface area contributed by atoms with Gasteiger partial charge in [0.1, 0.15) is 5.54 Å². The van der Waals surface area contributed by atoms with Crippen LogP contribution in [-0.4, -0.2) is 41.4 Å². The van der Waals surface area contributed by atoms with Crippen molar-refractivity contribution >= 4 is 11.8 Å². The fraction of sp³-hybridized carbons (Fsp3) is 0.833. The Morgan fingerprint density at radius 2 is 2.12 bits per heavy atom. The molecule has 0 spiro atoms. The van der Waals surface area contributed by atoms with E-state index < -0.39 is 5.54 Å². The number of carbonyl (C=O) groups excluding carboxylic acids is 2. The molecule has 1 saturated heterocycles. The third-order valence-electron chi connectivity index (χ3n) is 3.42. The molecule has 2 amide bonds. The Labute approximate surface area is 103 Å². The van der Waals surface area contributed by atoms with Gasteiger partial charge in [0.2, 0.25) is 11.8 Å². The van der Waals surface area contributed by atoms with Crippen LogP contribution in [0.3, 0.4) is 0 Å². The van der Waals surface area contributed by atoms with Crippen LogP contribution in [0.5, 0.6) is 0 Å². The van der Waals surface area contributed by atoms with E-state index >= 15 is 0 Å². The van der Waals surface area contributed by atoms with Crippen LogP contribution in [0.2, 0.25) is 0 Å². The lowest BCUT2D eigenvalue weighted by atomic mass is 9.96. The molecule has 5 nitrogen and oxygen atoms in total. The lowest BCUT2D eigenvalue weighted by Gasteiger charge is -2.41. The van der Waals surface area contributed by atoms with Gasteiger partial charge in [-0.1, -0.05) is 13.8 Å². The average Bonchev–Trinajstić information content (AvgIpc) is 2.21. The minimum absolute atomic E-state index is 0.0361. The van der Waals surface area contributed by atoms with Gasteiger partial charge in [-0.3, -0.25) is 9.59 Å². The molecule has 1 aliphatic heterocycles. The van der Waals surface area contributed by atoms with E-state index in [0.29, 0.717) is 19.5 Å². The van der Waals surface area contributed by atoms with E-state index in [0.717, 1.165) is 0 Å². The third kappa shape index (κ3) is 2.97. The second-order valence-corrected chi connectivity index (χ2v) is 5.47. The summed E-state index contributed by atoms with van der Waals surface area (Å²) in [7, 11) is 0. The molecule has 1 unspecified atom stereocenters. The van der Waals surface area contributed by atoms with Crippen molar-refractivity contribution in [3.8, 4) is 0 Å². The van der Waals surface area contributed by atoms with E-state index in [2.05, 4.69) is 5.32 Å². The summed E-state index contributed by atoms with van der Waals surface area (Å²) in [4.78, 5) is 25.5. The first kappa shape index (κ1) is 14.0. The molecule has 1 heterocycles. The predicted octanol–water partition coefficient (Wildman–Crippen LogP) is 0.0968. The minimum Gasteiger partial charge on any atom is -0.352 e. The highest BCUT2D eigenvalue weighted by atomic mass is 16.2. The van der Waals surface area contributed by atoms with E-state index in [9.17, 15) is 9.59 Å². The van der Waals surface area contributed by atoms with Crippen LogP contribution in [-0.2, 0) is 9.59 Å². The zero-order chi connectivity index (χ0) is 13.2. The van der Waals surface area contributed by atoms with Crippen molar-refractivity contribution in [3.63, 3.8) is 0 Å². The Balaban J connectivity index is 2.71. The van der Waals surface area contributed by atoms with E-state index in [-0.39, 0.29) is 23.8 Å². The highest BCUT2D eigenvalue weighted by Gasteiger charge is 2.40. The Bertz CT molecular complexity index is 313. The van der Waals surface area contributed by atoms with Crippen molar-refractivity contribution in [1.82, 2.24) is 10.2 Å². The number of nitrogens with one attached hydrogen (secondary N) is 1. The summed E-state index contributed by atoms with van der Waals surface area (Å²) in [5.74, 6) is 0.127. The summed E-state index contributed by atoms with van der Waals surface area (Å²) in [6, 6.07) is -0.150. The Morgan fingerprint density at radius 3 is 2.65 bits per heavy atom. The van der Waals surface area contributed by atoms with E-state index in [1.165, 1.54) is 0 Å². The molecule has 1 fully saturated rings. The van der Waals surface area contributed by atoms with Gasteiger partial charge < -0.3 is 16.0 Å².